The second-order valence-electron chi connectivity index (χ2n) is 6.95. The number of nitrogens with two attached hydrogens (primary N) is 2. The second kappa shape index (κ2) is 10.3. The Bertz CT molecular complexity index is 1000. The lowest BCUT2D eigenvalue weighted by molar-refractivity contribution is 0.279. The van der Waals surface area contributed by atoms with Crippen LogP contribution in [-0.4, -0.2) is 23.2 Å². The van der Waals surface area contributed by atoms with Gasteiger partial charge < -0.3 is 20.9 Å². The van der Waals surface area contributed by atoms with E-state index in [1.165, 1.54) is 22.7 Å². The molecule has 8 heteroatoms. The van der Waals surface area contributed by atoms with Crippen molar-refractivity contribution in [1.82, 2.24) is 9.97 Å². The molecule has 0 unspecified atom stereocenters. The lowest BCUT2D eigenvalue weighted by Gasteiger charge is -2.08. The van der Waals surface area contributed by atoms with Gasteiger partial charge in [-0.05, 0) is 67.8 Å². The van der Waals surface area contributed by atoms with Crippen LogP contribution in [0.4, 0.5) is 10.3 Å². The number of nitrogen functional groups attached to an aromatic ring is 2. The number of nitrogens with zero attached hydrogens (tertiary/aromatic N) is 2. The summed E-state index contributed by atoms with van der Waals surface area (Å²) in [6, 6.07) is 15.9. The van der Waals surface area contributed by atoms with Crippen LogP contribution in [0.5, 0.6) is 11.5 Å². The predicted molar refractivity (Wildman–Crippen MR) is 129 cm³/mol. The molecular formula is C23H24N4O2S2. The molecule has 0 radical (unpaired) electrons. The van der Waals surface area contributed by atoms with E-state index in [1.54, 1.807) is 0 Å². The first-order valence-corrected chi connectivity index (χ1v) is 11.8. The molecule has 4 N–H and O–H groups in total. The largest absolute Gasteiger partial charge is 0.494 e. The number of ether oxygens (including phenoxy) is 2. The van der Waals surface area contributed by atoms with Crippen molar-refractivity contribution in [3.05, 3.63) is 59.3 Å². The van der Waals surface area contributed by atoms with Crippen molar-refractivity contribution < 1.29 is 9.47 Å². The van der Waals surface area contributed by atoms with Gasteiger partial charge in [0.1, 0.15) is 11.5 Å². The highest BCUT2D eigenvalue weighted by atomic mass is 32.1. The monoisotopic (exact) mass is 452 g/mol. The van der Waals surface area contributed by atoms with Gasteiger partial charge in [0.25, 0.3) is 0 Å². The Labute approximate surface area is 189 Å². The van der Waals surface area contributed by atoms with Gasteiger partial charge in [0.05, 0.1) is 24.6 Å². The molecule has 160 valence electrons. The highest BCUT2D eigenvalue weighted by Gasteiger charge is 2.04. The van der Waals surface area contributed by atoms with Crippen LogP contribution in [0.1, 0.15) is 19.3 Å². The highest BCUT2D eigenvalue weighted by Crippen LogP contribution is 2.26. The van der Waals surface area contributed by atoms with Gasteiger partial charge in [-0.15, -0.1) is 22.7 Å². The van der Waals surface area contributed by atoms with E-state index in [0.29, 0.717) is 23.5 Å². The maximum absolute atomic E-state index is 5.83. The Morgan fingerprint density at radius 1 is 0.613 bits per heavy atom. The number of benzene rings is 2. The Balaban J connectivity index is 1.11. The molecular weight excluding hydrogens is 428 g/mol. The van der Waals surface area contributed by atoms with Gasteiger partial charge in [-0.25, -0.2) is 9.97 Å². The maximum atomic E-state index is 5.83. The molecule has 4 aromatic rings. The summed E-state index contributed by atoms with van der Waals surface area (Å²) in [6.45, 7) is 1.38. The summed E-state index contributed by atoms with van der Waals surface area (Å²) in [5, 5.41) is 5.08. The lowest BCUT2D eigenvalue weighted by atomic mass is 10.2. The Morgan fingerprint density at radius 3 is 1.39 bits per heavy atom. The van der Waals surface area contributed by atoms with Crippen LogP contribution < -0.4 is 20.9 Å². The predicted octanol–water partition coefficient (Wildman–Crippen LogP) is 5.73. The molecule has 0 saturated carbocycles. The summed E-state index contributed by atoms with van der Waals surface area (Å²) in [5.74, 6) is 1.73. The van der Waals surface area contributed by atoms with Crippen molar-refractivity contribution in [1.29, 1.82) is 0 Å². The summed E-state index contributed by atoms with van der Waals surface area (Å²) in [4.78, 5) is 8.58. The first kappa shape index (κ1) is 21.1. The van der Waals surface area contributed by atoms with Gasteiger partial charge in [-0.2, -0.15) is 0 Å². The van der Waals surface area contributed by atoms with Gasteiger partial charge >= 0.3 is 0 Å². The zero-order valence-electron chi connectivity index (χ0n) is 17.0. The Hall–Kier alpha value is -3.10. The van der Waals surface area contributed by atoms with E-state index in [4.69, 9.17) is 20.9 Å². The van der Waals surface area contributed by atoms with E-state index < -0.39 is 0 Å². The summed E-state index contributed by atoms with van der Waals surface area (Å²) >= 11 is 2.89. The van der Waals surface area contributed by atoms with Crippen molar-refractivity contribution in [2.24, 2.45) is 0 Å². The fourth-order valence-electron chi connectivity index (χ4n) is 3.05. The topological polar surface area (TPSA) is 96.3 Å². The van der Waals surface area contributed by atoms with E-state index >= 15 is 0 Å². The SMILES string of the molecule is Nc1nc(-c2ccc(OCCCCCOc3ccc(-c4csc(N)n4)cc3)cc2)cs1. The van der Waals surface area contributed by atoms with Crippen molar-refractivity contribution in [3.8, 4) is 34.0 Å². The number of aromatic nitrogens is 2. The van der Waals surface area contributed by atoms with Crippen LogP contribution in [0.2, 0.25) is 0 Å². The van der Waals surface area contributed by atoms with Crippen LogP contribution in [0.25, 0.3) is 22.5 Å². The number of hydrogen-bond acceptors (Lipinski definition) is 8. The first-order valence-electron chi connectivity index (χ1n) is 10.1. The average molecular weight is 453 g/mol. The molecule has 0 aliphatic heterocycles. The minimum absolute atomic E-state index is 0.581. The summed E-state index contributed by atoms with van der Waals surface area (Å²) in [5.41, 5.74) is 15.3. The third-order valence-corrected chi connectivity index (χ3v) is 6.02. The molecule has 0 spiro atoms. The third kappa shape index (κ3) is 5.96. The first-order chi connectivity index (χ1) is 15.2. The maximum Gasteiger partial charge on any atom is 0.180 e. The zero-order valence-corrected chi connectivity index (χ0v) is 18.6. The second-order valence-corrected chi connectivity index (χ2v) is 8.73. The fourth-order valence-corrected chi connectivity index (χ4v) is 4.19. The van der Waals surface area contributed by atoms with Gasteiger partial charge in [-0.1, -0.05) is 0 Å². The van der Waals surface area contributed by atoms with Crippen LogP contribution in [0.3, 0.4) is 0 Å². The molecule has 2 heterocycles. The molecule has 0 aliphatic carbocycles. The molecule has 0 bridgehead atoms. The standard InChI is InChI=1S/C23H24N4O2S2/c24-22-26-20(14-30-22)16-4-8-18(9-5-16)28-12-2-1-3-13-29-19-10-6-17(7-11-19)21-15-31-23(25)27-21/h4-11,14-15H,1-3,12-13H2,(H2,24,26)(H2,25,27). The Morgan fingerprint density at radius 2 is 1.03 bits per heavy atom. The molecule has 2 aromatic heterocycles. The third-order valence-electron chi connectivity index (χ3n) is 4.67. The summed E-state index contributed by atoms with van der Waals surface area (Å²) in [6.07, 6.45) is 3.02. The number of thiazole rings is 2. The molecule has 4 rings (SSSR count). The van der Waals surface area contributed by atoms with E-state index in [0.717, 1.165) is 53.3 Å². The van der Waals surface area contributed by atoms with Crippen molar-refractivity contribution >= 4 is 32.9 Å². The molecule has 0 atom stereocenters. The molecule has 2 aromatic carbocycles. The van der Waals surface area contributed by atoms with Crippen molar-refractivity contribution in [3.63, 3.8) is 0 Å². The number of anilines is 2. The lowest BCUT2D eigenvalue weighted by Crippen LogP contribution is -2.01. The van der Waals surface area contributed by atoms with Crippen LogP contribution in [0.15, 0.2) is 59.3 Å². The summed E-state index contributed by atoms with van der Waals surface area (Å²) in [7, 11) is 0. The fraction of sp³-hybridized carbons (Fsp3) is 0.217. The molecule has 0 fully saturated rings. The summed E-state index contributed by atoms with van der Waals surface area (Å²) < 4.78 is 11.7. The van der Waals surface area contributed by atoms with Gasteiger partial charge in [-0.3, -0.25) is 0 Å². The number of rotatable bonds is 10. The van der Waals surface area contributed by atoms with E-state index in [-0.39, 0.29) is 0 Å². The molecule has 6 nitrogen and oxygen atoms in total. The highest BCUT2D eigenvalue weighted by molar-refractivity contribution is 7.14. The number of unbranched alkanes of at least 4 members (excludes halogenated alkanes) is 2. The van der Waals surface area contributed by atoms with Gasteiger partial charge in [0.15, 0.2) is 10.3 Å². The molecule has 0 amide bonds. The van der Waals surface area contributed by atoms with Crippen LogP contribution >= 0.6 is 22.7 Å². The molecule has 31 heavy (non-hydrogen) atoms. The Kier molecular flexibility index (Phi) is 7.01. The van der Waals surface area contributed by atoms with E-state index in [9.17, 15) is 0 Å². The van der Waals surface area contributed by atoms with E-state index in [1.807, 2.05) is 59.3 Å². The van der Waals surface area contributed by atoms with Crippen molar-refractivity contribution in [2.45, 2.75) is 19.3 Å². The minimum Gasteiger partial charge on any atom is -0.494 e. The normalized spacial score (nSPS) is 10.8. The van der Waals surface area contributed by atoms with Crippen molar-refractivity contribution in [2.75, 3.05) is 24.7 Å². The smallest absolute Gasteiger partial charge is 0.180 e. The van der Waals surface area contributed by atoms with Crippen LogP contribution in [0, 0.1) is 0 Å². The molecule has 0 aliphatic rings. The quantitative estimate of drug-likeness (QED) is 0.298. The van der Waals surface area contributed by atoms with E-state index in [2.05, 4.69) is 9.97 Å². The number of hydrogen-bond donors (Lipinski definition) is 2. The zero-order chi connectivity index (χ0) is 21.5. The minimum atomic E-state index is 0.581. The van der Waals surface area contributed by atoms with Gasteiger partial charge in [0.2, 0.25) is 0 Å². The molecule has 0 saturated heterocycles. The average Bonchev–Trinajstić information content (AvgIpc) is 3.42. The van der Waals surface area contributed by atoms with Gasteiger partial charge in [0, 0.05) is 21.9 Å². The van der Waals surface area contributed by atoms with Crippen LogP contribution in [-0.2, 0) is 0 Å².